The SMILES string of the molecule is COCCC(C)(SCc1ccco1)C(=O)O. The average molecular weight is 244 g/mol. The van der Waals surface area contributed by atoms with Crippen LogP contribution in [-0.4, -0.2) is 29.5 Å². The number of thioether (sulfide) groups is 1. The zero-order chi connectivity index (χ0) is 12.0. The fourth-order valence-electron chi connectivity index (χ4n) is 1.16. The summed E-state index contributed by atoms with van der Waals surface area (Å²) >= 11 is 1.36. The predicted molar refractivity (Wildman–Crippen MR) is 62.5 cm³/mol. The van der Waals surface area contributed by atoms with E-state index in [2.05, 4.69) is 0 Å². The van der Waals surface area contributed by atoms with Crippen LogP contribution < -0.4 is 0 Å². The fourth-order valence-corrected chi connectivity index (χ4v) is 2.14. The second-order valence-electron chi connectivity index (χ2n) is 3.65. The Morgan fingerprint density at radius 2 is 2.44 bits per heavy atom. The van der Waals surface area contributed by atoms with Crippen molar-refractivity contribution in [3.05, 3.63) is 24.2 Å². The summed E-state index contributed by atoms with van der Waals surface area (Å²) in [5.41, 5.74) is 0. The van der Waals surface area contributed by atoms with Gasteiger partial charge < -0.3 is 14.3 Å². The molecule has 0 saturated heterocycles. The Balaban J connectivity index is 2.53. The van der Waals surface area contributed by atoms with Crippen LogP contribution in [0.5, 0.6) is 0 Å². The van der Waals surface area contributed by atoms with E-state index in [-0.39, 0.29) is 0 Å². The summed E-state index contributed by atoms with van der Waals surface area (Å²) in [6, 6.07) is 3.63. The van der Waals surface area contributed by atoms with Gasteiger partial charge in [0.05, 0.1) is 12.0 Å². The molecule has 0 bridgehead atoms. The minimum atomic E-state index is -0.831. The van der Waals surface area contributed by atoms with E-state index in [0.717, 1.165) is 5.76 Å². The van der Waals surface area contributed by atoms with Crippen molar-refractivity contribution in [3.63, 3.8) is 0 Å². The summed E-state index contributed by atoms with van der Waals surface area (Å²) < 4.78 is 9.26. The molecular formula is C11H16O4S. The van der Waals surface area contributed by atoms with Gasteiger partial charge in [-0.05, 0) is 25.5 Å². The summed E-state index contributed by atoms with van der Waals surface area (Å²) in [5, 5.41) is 9.18. The van der Waals surface area contributed by atoms with Crippen molar-refractivity contribution in [2.24, 2.45) is 0 Å². The lowest BCUT2D eigenvalue weighted by Gasteiger charge is -2.23. The Bertz CT molecular complexity index is 323. The van der Waals surface area contributed by atoms with Gasteiger partial charge in [0, 0.05) is 13.7 Å². The summed E-state index contributed by atoms with van der Waals surface area (Å²) in [4.78, 5) is 11.2. The van der Waals surface area contributed by atoms with Gasteiger partial charge in [0.1, 0.15) is 10.5 Å². The van der Waals surface area contributed by atoms with Crippen LogP contribution >= 0.6 is 11.8 Å². The topological polar surface area (TPSA) is 59.7 Å². The molecule has 16 heavy (non-hydrogen) atoms. The highest BCUT2D eigenvalue weighted by Gasteiger charge is 2.33. The maximum Gasteiger partial charge on any atom is 0.319 e. The highest BCUT2D eigenvalue weighted by Crippen LogP contribution is 2.32. The van der Waals surface area contributed by atoms with Crippen LogP contribution in [0.2, 0.25) is 0 Å². The summed E-state index contributed by atoms with van der Waals surface area (Å²) in [5.74, 6) is 0.524. The van der Waals surface area contributed by atoms with Crippen LogP contribution in [0.3, 0.4) is 0 Å². The monoisotopic (exact) mass is 244 g/mol. The maximum atomic E-state index is 11.2. The predicted octanol–water partition coefficient (Wildman–Crippen LogP) is 2.39. The van der Waals surface area contributed by atoms with E-state index >= 15 is 0 Å². The maximum absolute atomic E-state index is 11.2. The Labute approximate surface area is 99.0 Å². The van der Waals surface area contributed by atoms with Crippen molar-refractivity contribution < 1.29 is 19.1 Å². The third kappa shape index (κ3) is 3.57. The van der Waals surface area contributed by atoms with Gasteiger partial charge in [0.25, 0.3) is 0 Å². The lowest BCUT2D eigenvalue weighted by molar-refractivity contribution is -0.139. The van der Waals surface area contributed by atoms with Gasteiger partial charge in [0.2, 0.25) is 0 Å². The number of methoxy groups -OCH3 is 1. The molecule has 1 N–H and O–H groups in total. The minimum Gasteiger partial charge on any atom is -0.480 e. The van der Waals surface area contributed by atoms with Crippen LogP contribution in [0, 0.1) is 0 Å². The Morgan fingerprint density at radius 3 is 2.94 bits per heavy atom. The molecule has 1 heterocycles. The zero-order valence-electron chi connectivity index (χ0n) is 9.43. The van der Waals surface area contributed by atoms with E-state index in [1.165, 1.54) is 11.8 Å². The first-order valence-corrected chi connectivity index (χ1v) is 5.96. The van der Waals surface area contributed by atoms with Crippen molar-refractivity contribution in [1.29, 1.82) is 0 Å². The van der Waals surface area contributed by atoms with Crippen LogP contribution in [0.15, 0.2) is 22.8 Å². The van der Waals surface area contributed by atoms with Crippen LogP contribution in [-0.2, 0) is 15.3 Å². The van der Waals surface area contributed by atoms with Gasteiger partial charge in [-0.1, -0.05) is 0 Å². The molecule has 0 aromatic carbocycles. The lowest BCUT2D eigenvalue weighted by Crippen LogP contribution is -2.33. The van der Waals surface area contributed by atoms with Crippen molar-refractivity contribution in [1.82, 2.24) is 0 Å². The molecule has 1 unspecified atom stereocenters. The van der Waals surface area contributed by atoms with Crippen molar-refractivity contribution in [3.8, 4) is 0 Å². The molecule has 0 radical (unpaired) electrons. The van der Waals surface area contributed by atoms with Crippen LogP contribution in [0.4, 0.5) is 0 Å². The molecule has 0 spiro atoms. The normalized spacial score (nSPS) is 14.6. The Kier molecular flexibility index (Phi) is 4.89. The molecule has 0 fully saturated rings. The van der Waals surface area contributed by atoms with Crippen molar-refractivity contribution in [2.75, 3.05) is 13.7 Å². The van der Waals surface area contributed by atoms with Gasteiger partial charge in [-0.3, -0.25) is 4.79 Å². The Hall–Kier alpha value is -0.940. The number of carboxylic acids is 1. The molecule has 0 saturated carbocycles. The number of carbonyl (C=O) groups is 1. The third-order valence-corrected chi connectivity index (χ3v) is 3.79. The van der Waals surface area contributed by atoms with Crippen LogP contribution in [0.1, 0.15) is 19.1 Å². The molecule has 1 rings (SSSR count). The highest BCUT2D eigenvalue weighted by molar-refractivity contribution is 8.00. The average Bonchev–Trinajstić information content (AvgIpc) is 2.76. The number of carboxylic acid groups (broad SMARTS) is 1. The molecule has 90 valence electrons. The first kappa shape index (κ1) is 13.1. The van der Waals surface area contributed by atoms with E-state index in [0.29, 0.717) is 18.8 Å². The molecule has 5 heteroatoms. The van der Waals surface area contributed by atoms with Crippen LogP contribution in [0.25, 0.3) is 0 Å². The zero-order valence-corrected chi connectivity index (χ0v) is 10.3. The largest absolute Gasteiger partial charge is 0.480 e. The minimum absolute atomic E-state index is 0.438. The van der Waals surface area contributed by atoms with E-state index in [1.54, 1.807) is 26.4 Å². The van der Waals surface area contributed by atoms with Gasteiger partial charge in [-0.25, -0.2) is 0 Å². The molecule has 1 atom stereocenters. The standard InChI is InChI=1S/C11H16O4S/c1-11(10(12)13,5-7-14-2)16-8-9-4-3-6-15-9/h3-4,6H,5,7-8H2,1-2H3,(H,12,13). The first-order valence-electron chi connectivity index (χ1n) is 4.97. The second kappa shape index (κ2) is 5.96. The molecule has 0 aliphatic carbocycles. The number of furan rings is 1. The third-order valence-electron chi connectivity index (χ3n) is 2.35. The molecule has 0 aliphatic rings. The fraction of sp³-hybridized carbons (Fsp3) is 0.545. The number of ether oxygens (including phenoxy) is 1. The Morgan fingerprint density at radius 1 is 1.69 bits per heavy atom. The number of hydrogen-bond donors (Lipinski definition) is 1. The molecule has 1 aromatic heterocycles. The van der Waals surface area contributed by atoms with Crippen molar-refractivity contribution >= 4 is 17.7 Å². The lowest BCUT2D eigenvalue weighted by atomic mass is 10.1. The summed E-state index contributed by atoms with van der Waals surface area (Å²) in [6.45, 7) is 2.15. The van der Waals surface area contributed by atoms with Gasteiger partial charge in [-0.2, -0.15) is 0 Å². The van der Waals surface area contributed by atoms with Gasteiger partial charge >= 0.3 is 5.97 Å². The van der Waals surface area contributed by atoms with E-state index < -0.39 is 10.7 Å². The highest BCUT2D eigenvalue weighted by atomic mass is 32.2. The molecular weight excluding hydrogens is 228 g/mol. The number of aliphatic carboxylic acids is 1. The van der Waals surface area contributed by atoms with E-state index in [4.69, 9.17) is 9.15 Å². The summed E-state index contributed by atoms with van der Waals surface area (Å²) in [7, 11) is 1.57. The summed E-state index contributed by atoms with van der Waals surface area (Å²) in [6.07, 6.45) is 2.06. The molecule has 1 aromatic rings. The van der Waals surface area contributed by atoms with E-state index in [9.17, 15) is 9.90 Å². The van der Waals surface area contributed by atoms with Gasteiger partial charge in [-0.15, -0.1) is 11.8 Å². The first-order chi connectivity index (χ1) is 7.58. The molecule has 0 aliphatic heterocycles. The smallest absolute Gasteiger partial charge is 0.319 e. The van der Waals surface area contributed by atoms with Gasteiger partial charge in [0.15, 0.2) is 0 Å². The quantitative estimate of drug-likeness (QED) is 0.798. The van der Waals surface area contributed by atoms with E-state index in [1.807, 2.05) is 6.07 Å². The van der Waals surface area contributed by atoms with Crippen molar-refractivity contribution in [2.45, 2.75) is 23.8 Å². The second-order valence-corrected chi connectivity index (χ2v) is 5.13. The number of hydrogen-bond acceptors (Lipinski definition) is 4. The number of rotatable bonds is 7. The molecule has 0 amide bonds. The molecule has 4 nitrogen and oxygen atoms in total.